The average molecular weight is 221 g/mol. The van der Waals surface area contributed by atoms with Gasteiger partial charge in [-0.3, -0.25) is 9.69 Å². The normalized spacial score (nSPS) is 12.7. The molecule has 0 heterocycles. The predicted octanol–water partition coefficient (Wildman–Crippen LogP) is 2.37. The Morgan fingerprint density at radius 3 is 2.50 bits per heavy atom. The van der Waals surface area contributed by atoms with Gasteiger partial charge in [-0.2, -0.15) is 0 Å². The Morgan fingerprint density at radius 1 is 1.38 bits per heavy atom. The van der Waals surface area contributed by atoms with Crippen molar-refractivity contribution in [2.45, 2.75) is 32.9 Å². The molecule has 0 aliphatic carbocycles. The van der Waals surface area contributed by atoms with E-state index in [4.69, 9.17) is 5.11 Å². The van der Waals surface area contributed by atoms with Gasteiger partial charge in [0.05, 0.1) is 6.54 Å². The molecule has 1 N–H and O–H groups in total. The second-order valence-electron chi connectivity index (χ2n) is 4.04. The number of aliphatic carboxylic acids is 1. The molecule has 1 rings (SSSR count). The molecular weight excluding hydrogens is 202 g/mol. The van der Waals surface area contributed by atoms with Gasteiger partial charge in [0, 0.05) is 12.6 Å². The van der Waals surface area contributed by atoms with Crippen LogP contribution in [0, 0.1) is 0 Å². The fraction of sp³-hybridized carbons (Fsp3) is 0.462. The number of carboxylic acids is 1. The third kappa shape index (κ3) is 4.03. The van der Waals surface area contributed by atoms with Gasteiger partial charge in [0.1, 0.15) is 0 Å². The lowest BCUT2D eigenvalue weighted by Crippen LogP contribution is -2.36. The zero-order valence-electron chi connectivity index (χ0n) is 9.89. The van der Waals surface area contributed by atoms with Crippen molar-refractivity contribution in [3.8, 4) is 0 Å². The van der Waals surface area contributed by atoms with Gasteiger partial charge in [-0.1, -0.05) is 37.3 Å². The van der Waals surface area contributed by atoms with Crippen molar-refractivity contribution in [2.75, 3.05) is 6.54 Å². The van der Waals surface area contributed by atoms with Crippen LogP contribution in [0.5, 0.6) is 0 Å². The van der Waals surface area contributed by atoms with Crippen molar-refractivity contribution < 1.29 is 9.90 Å². The molecule has 1 unspecified atom stereocenters. The standard InChI is InChI=1S/C13H19NO2/c1-3-11(2)14(10-13(15)16)9-12-7-5-4-6-8-12/h4-8,11H,3,9-10H2,1-2H3,(H,15,16). The minimum atomic E-state index is -0.767. The lowest BCUT2D eigenvalue weighted by molar-refractivity contribution is -0.139. The quantitative estimate of drug-likeness (QED) is 0.801. The summed E-state index contributed by atoms with van der Waals surface area (Å²) in [5.41, 5.74) is 1.16. The number of carboxylic acid groups (broad SMARTS) is 1. The Labute approximate surface area is 96.7 Å². The van der Waals surface area contributed by atoms with Crippen LogP contribution in [0.4, 0.5) is 0 Å². The molecule has 0 aromatic heterocycles. The first kappa shape index (κ1) is 12.7. The number of benzene rings is 1. The summed E-state index contributed by atoms with van der Waals surface area (Å²) in [6.45, 7) is 4.93. The first-order chi connectivity index (χ1) is 7.63. The molecule has 0 radical (unpaired) electrons. The lowest BCUT2D eigenvalue weighted by Gasteiger charge is -2.26. The molecule has 3 heteroatoms. The van der Waals surface area contributed by atoms with E-state index in [0.717, 1.165) is 12.0 Å². The van der Waals surface area contributed by atoms with E-state index >= 15 is 0 Å². The molecule has 0 aliphatic heterocycles. The molecule has 88 valence electrons. The Kier molecular flexibility index (Phi) is 4.99. The lowest BCUT2D eigenvalue weighted by atomic mass is 10.1. The van der Waals surface area contributed by atoms with Crippen LogP contribution in [-0.2, 0) is 11.3 Å². The fourth-order valence-electron chi connectivity index (χ4n) is 1.62. The highest BCUT2D eigenvalue weighted by Gasteiger charge is 2.15. The summed E-state index contributed by atoms with van der Waals surface area (Å²) >= 11 is 0. The SMILES string of the molecule is CCC(C)N(CC(=O)O)Cc1ccccc1. The minimum absolute atomic E-state index is 0.101. The van der Waals surface area contributed by atoms with E-state index in [2.05, 4.69) is 13.8 Å². The van der Waals surface area contributed by atoms with Gasteiger partial charge in [-0.05, 0) is 18.9 Å². The highest BCUT2D eigenvalue weighted by molar-refractivity contribution is 5.69. The maximum absolute atomic E-state index is 10.8. The molecule has 0 saturated carbocycles. The van der Waals surface area contributed by atoms with Crippen LogP contribution in [0.2, 0.25) is 0 Å². The van der Waals surface area contributed by atoms with Crippen molar-refractivity contribution in [1.82, 2.24) is 4.90 Å². The summed E-state index contributed by atoms with van der Waals surface area (Å²) in [6, 6.07) is 10.3. The highest BCUT2D eigenvalue weighted by Crippen LogP contribution is 2.10. The summed E-state index contributed by atoms with van der Waals surface area (Å²) < 4.78 is 0. The van der Waals surface area contributed by atoms with E-state index in [1.807, 2.05) is 35.2 Å². The average Bonchev–Trinajstić information content (AvgIpc) is 2.28. The molecule has 16 heavy (non-hydrogen) atoms. The molecule has 0 bridgehead atoms. The van der Waals surface area contributed by atoms with Crippen LogP contribution in [0.1, 0.15) is 25.8 Å². The van der Waals surface area contributed by atoms with E-state index in [1.54, 1.807) is 0 Å². The van der Waals surface area contributed by atoms with Gasteiger partial charge in [0.2, 0.25) is 0 Å². The van der Waals surface area contributed by atoms with E-state index in [9.17, 15) is 4.79 Å². The number of carbonyl (C=O) groups is 1. The first-order valence-corrected chi connectivity index (χ1v) is 5.63. The van der Waals surface area contributed by atoms with Crippen LogP contribution >= 0.6 is 0 Å². The zero-order valence-corrected chi connectivity index (χ0v) is 9.89. The molecule has 0 amide bonds. The summed E-state index contributed by atoms with van der Waals surface area (Å²) in [5, 5.41) is 8.86. The molecular formula is C13H19NO2. The van der Waals surface area contributed by atoms with Crippen molar-refractivity contribution >= 4 is 5.97 Å². The molecule has 0 aliphatic rings. The summed E-state index contributed by atoms with van der Waals surface area (Å²) in [7, 11) is 0. The van der Waals surface area contributed by atoms with Gasteiger partial charge in [-0.25, -0.2) is 0 Å². The van der Waals surface area contributed by atoms with Gasteiger partial charge in [0.15, 0.2) is 0 Å². The molecule has 3 nitrogen and oxygen atoms in total. The topological polar surface area (TPSA) is 40.5 Å². The van der Waals surface area contributed by atoms with E-state index in [0.29, 0.717) is 6.54 Å². The second-order valence-corrected chi connectivity index (χ2v) is 4.04. The molecule has 0 spiro atoms. The smallest absolute Gasteiger partial charge is 0.317 e. The number of nitrogens with zero attached hydrogens (tertiary/aromatic N) is 1. The van der Waals surface area contributed by atoms with E-state index in [1.165, 1.54) is 0 Å². The van der Waals surface area contributed by atoms with Crippen molar-refractivity contribution in [1.29, 1.82) is 0 Å². The van der Waals surface area contributed by atoms with Crippen LogP contribution < -0.4 is 0 Å². The third-order valence-electron chi connectivity index (χ3n) is 2.78. The van der Waals surface area contributed by atoms with Crippen LogP contribution in [-0.4, -0.2) is 28.6 Å². The van der Waals surface area contributed by atoms with E-state index in [-0.39, 0.29) is 12.6 Å². The largest absolute Gasteiger partial charge is 0.480 e. The minimum Gasteiger partial charge on any atom is -0.480 e. The van der Waals surface area contributed by atoms with Crippen molar-refractivity contribution in [2.24, 2.45) is 0 Å². The van der Waals surface area contributed by atoms with Gasteiger partial charge in [0.25, 0.3) is 0 Å². The summed E-state index contributed by atoms with van der Waals surface area (Å²) in [6.07, 6.45) is 0.958. The summed E-state index contributed by atoms with van der Waals surface area (Å²) in [4.78, 5) is 12.8. The molecule has 0 saturated heterocycles. The van der Waals surface area contributed by atoms with Crippen LogP contribution in [0.3, 0.4) is 0 Å². The monoisotopic (exact) mass is 221 g/mol. The second kappa shape index (κ2) is 6.28. The van der Waals surface area contributed by atoms with Crippen molar-refractivity contribution in [3.05, 3.63) is 35.9 Å². The van der Waals surface area contributed by atoms with Gasteiger partial charge >= 0.3 is 5.97 Å². The van der Waals surface area contributed by atoms with Gasteiger partial charge < -0.3 is 5.11 Å². The van der Waals surface area contributed by atoms with Crippen LogP contribution in [0.25, 0.3) is 0 Å². The maximum atomic E-state index is 10.8. The third-order valence-corrected chi connectivity index (χ3v) is 2.78. The molecule has 1 aromatic rings. The summed E-state index contributed by atoms with van der Waals surface area (Å²) in [5.74, 6) is -0.767. The fourth-order valence-corrected chi connectivity index (χ4v) is 1.62. The molecule has 1 atom stereocenters. The number of hydrogen-bond acceptors (Lipinski definition) is 2. The van der Waals surface area contributed by atoms with E-state index < -0.39 is 5.97 Å². The van der Waals surface area contributed by atoms with Crippen LogP contribution in [0.15, 0.2) is 30.3 Å². The first-order valence-electron chi connectivity index (χ1n) is 5.63. The molecule has 1 aromatic carbocycles. The Balaban J connectivity index is 2.67. The van der Waals surface area contributed by atoms with Crippen molar-refractivity contribution in [3.63, 3.8) is 0 Å². The maximum Gasteiger partial charge on any atom is 0.317 e. The predicted molar refractivity (Wildman–Crippen MR) is 64.2 cm³/mol. The molecule has 0 fully saturated rings. The Hall–Kier alpha value is -1.35. The zero-order chi connectivity index (χ0) is 12.0. The van der Waals surface area contributed by atoms with Gasteiger partial charge in [-0.15, -0.1) is 0 Å². The number of hydrogen-bond donors (Lipinski definition) is 1. The Morgan fingerprint density at radius 2 is 2.00 bits per heavy atom. The Bertz CT molecular complexity index is 324. The highest BCUT2D eigenvalue weighted by atomic mass is 16.4. The number of rotatable bonds is 6.